The molecule has 13 heavy (non-hydrogen) atoms. The molecule has 0 aliphatic heterocycles. The van der Waals surface area contributed by atoms with E-state index in [1.807, 2.05) is 0 Å². The Balaban J connectivity index is 3.24. The largest absolute Gasteiger partial charge is 0.507 e. The van der Waals surface area contributed by atoms with Crippen molar-refractivity contribution >= 4 is 47.8 Å². The van der Waals surface area contributed by atoms with Crippen molar-refractivity contribution in [3.63, 3.8) is 0 Å². The summed E-state index contributed by atoms with van der Waals surface area (Å²) < 4.78 is 2.23. The zero-order chi connectivity index (χ0) is 10.0. The van der Waals surface area contributed by atoms with E-state index in [2.05, 4.69) is 47.8 Å². The average Bonchev–Trinajstić information content (AvgIpc) is 2.11. The number of phenolic OH excluding ortho intramolecular Hbond substituents is 1. The second kappa shape index (κ2) is 4.77. The first-order valence-electron chi connectivity index (χ1n) is 3.54. The molecule has 0 unspecified atom stereocenters. The van der Waals surface area contributed by atoms with Crippen molar-refractivity contribution in [2.75, 3.05) is 6.61 Å². The number of benzene rings is 1. The number of aromatic hydroxyl groups is 1. The van der Waals surface area contributed by atoms with E-state index in [-0.39, 0.29) is 12.4 Å². The van der Waals surface area contributed by atoms with E-state index in [0.717, 1.165) is 14.5 Å². The normalized spacial score (nSPS) is 10.5. The lowest BCUT2D eigenvalue weighted by Gasteiger charge is -2.08. The SMILES string of the molecule is OCCc1cc(O)c(Br)c(Br)c1Br. The molecule has 0 fully saturated rings. The molecule has 2 N–H and O–H groups in total. The van der Waals surface area contributed by atoms with Gasteiger partial charge in [-0.15, -0.1) is 0 Å². The molecule has 0 saturated heterocycles. The van der Waals surface area contributed by atoms with Gasteiger partial charge >= 0.3 is 0 Å². The molecule has 0 saturated carbocycles. The predicted molar refractivity (Wildman–Crippen MR) is 62.0 cm³/mol. The van der Waals surface area contributed by atoms with Gasteiger partial charge in [-0.05, 0) is 65.8 Å². The molecule has 0 amide bonds. The van der Waals surface area contributed by atoms with Crippen LogP contribution in [-0.2, 0) is 6.42 Å². The van der Waals surface area contributed by atoms with Gasteiger partial charge in [0.05, 0.1) is 4.47 Å². The molecule has 2 nitrogen and oxygen atoms in total. The zero-order valence-corrected chi connectivity index (χ0v) is 11.3. The maximum atomic E-state index is 9.45. The molecule has 1 aromatic carbocycles. The van der Waals surface area contributed by atoms with Crippen LogP contribution < -0.4 is 0 Å². The first kappa shape index (κ1) is 11.5. The van der Waals surface area contributed by atoms with E-state index >= 15 is 0 Å². The standard InChI is InChI=1S/C8H7Br3O2/c9-6-4(1-2-12)3-5(13)7(10)8(6)11/h3,12-13H,1-2H2. The topological polar surface area (TPSA) is 40.5 Å². The summed E-state index contributed by atoms with van der Waals surface area (Å²) in [6.45, 7) is 0.0616. The van der Waals surface area contributed by atoms with Crippen molar-refractivity contribution in [2.24, 2.45) is 0 Å². The van der Waals surface area contributed by atoms with E-state index in [1.165, 1.54) is 0 Å². The summed E-state index contributed by atoms with van der Waals surface area (Å²) in [5, 5.41) is 18.2. The molecule has 5 heteroatoms. The Morgan fingerprint density at radius 3 is 2.23 bits per heavy atom. The molecule has 0 bridgehead atoms. The van der Waals surface area contributed by atoms with Gasteiger partial charge in [-0.3, -0.25) is 0 Å². The van der Waals surface area contributed by atoms with E-state index in [4.69, 9.17) is 5.11 Å². The van der Waals surface area contributed by atoms with Gasteiger partial charge in [-0.1, -0.05) is 0 Å². The van der Waals surface area contributed by atoms with Crippen LogP contribution in [0, 0.1) is 0 Å². The van der Waals surface area contributed by atoms with Crippen molar-refractivity contribution < 1.29 is 10.2 Å². The number of hydrogen-bond acceptors (Lipinski definition) is 2. The lowest BCUT2D eigenvalue weighted by molar-refractivity contribution is 0.299. The summed E-state index contributed by atoms with van der Waals surface area (Å²) in [4.78, 5) is 0. The molecule has 0 spiro atoms. The maximum Gasteiger partial charge on any atom is 0.131 e. The van der Waals surface area contributed by atoms with Gasteiger partial charge in [-0.25, -0.2) is 0 Å². The van der Waals surface area contributed by atoms with Crippen molar-refractivity contribution in [3.8, 4) is 5.75 Å². The number of phenols is 1. The minimum atomic E-state index is 0.0616. The van der Waals surface area contributed by atoms with E-state index < -0.39 is 0 Å². The fourth-order valence-electron chi connectivity index (χ4n) is 0.944. The van der Waals surface area contributed by atoms with Crippen molar-refractivity contribution in [3.05, 3.63) is 25.0 Å². The average molecular weight is 375 g/mol. The van der Waals surface area contributed by atoms with Crippen LogP contribution in [0.15, 0.2) is 19.5 Å². The molecule has 1 rings (SSSR count). The van der Waals surface area contributed by atoms with Crippen LogP contribution in [-0.4, -0.2) is 16.8 Å². The fourth-order valence-corrected chi connectivity index (χ4v) is 2.49. The molecule has 1 aromatic rings. The van der Waals surface area contributed by atoms with Crippen LogP contribution in [0.2, 0.25) is 0 Å². The lowest BCUT2D eigenvalue weighted by Crippen LogP contribution is -1.93. The number of aliphatic hydroxyl groups excluding tert-OH is 1. The van der Waals surface area contributed by atoms with Crippen LogP contribution in [0.4, 0.5) is 0 Å². The molecule has 72 valence electrons. The minimum Gasteiger partial charge on any atom is -0.507 e. The van der Waals surface area contributed by atoms with E-state index in [9.17, 15) is 5.11 Å². The second-order valence-corrected chi connectivity index (χ2v) is 4.85. The Bertz CT molecular complexity index is 326. The number of halogens is 3. The molecule has 0 aliphatic rings. The second-order valence-electron chi connectivity index (χ2n) is 2.47. The highest BCUT2D eigenvalue weighted by Gasteiger charge is 2.11. The quantitative estimate of drug-likeness (QED) is 0.780. The summed E-state index contributed by atoms with van der Waals surface area (Å²) in [5.41, 5.74) is 0.870. The highest BCUT2D eigenvalue weighted by molar-refractivity contribution is 9.14. The third-order valence-electron chi connectivity index (χ3n) is 1.58. The molecular weight excluding hydrogens is 368 g/mol. The van der Waals surface area contributed by atoms with E-state index in [0.29, 0.717) is 10.9 Å². The fraction of sp³-hybridized carbons (Fsp3) is 0.250. The number of rotatable bonds is 2. The monoisotopic (exact) mass is 372 g/mol. The molecule has 0 atom stereocenters. The van der Waals surface area contributed by atoms with Gasteiger partial charge in [0.25, 0.3) is 0 Å². The van der Waals surface area contributed by atoms with Crippen molar-refractivity contribution in [1.29, 1.82) is 0 Å². The van der Waals surface area contributed by atoms with Crippen LogP contribution in [0.5, 0.6) is 5.75 Å². The Kier molecular flexibility index (Phi) is 4.22. The van der Waals surface area contributed by atoms with Crippen molar-refractivity contribution in [1.82, 2.24) is 0 Å². The summed E-state index contributed by atoms with van der Waals surface area (Å²) >= 11 is 9.91. The van der Waals surface area contributed by atoms with Crippen LogP contribution in [0.3, 0.4) is 0 Å². The van der Waals surface area contributed by atoms with Gasteiger partial charge in [0.2, 0.25) is 0 Å². The Hall–Kier alpha value is 0.420. The van der Waals surface area contributed by atoms with Crippen LogP contribution in [0.1, 0.15) is 5.56 Å². The Morgan fingerprint density at radius 2 is 1.69 bits per heavy atom. The lowest BCUT2D eigenvalue weighted by atomic mass is 10.1. The third kappa shape index (κ3) is 2.46. The summed E-state index contributed by atoms with van der Waals surface area (Å²) in [6.07, 6.45) is 0.514. The Labute approximate surface area is 101 Å². The summed E-state index contributed by atoms with van der Waals surface area (Å²) in [6, 6.07) is 1.62. The van der Waals surface area contributed by atoms with Crippen LogP contribution in [0.25, 0.3) is 0 Å². The zero-order valence-electron chi connectivity index (χ0n) is 6.52. The minimum absolute atomic E-state index is 0.0616. The predicted octanol–water partition coefficient (Wildman–Crippen LogP) is 3.21. The summed E-state index contributed by atoms with van der Waals surface area (Å²) in [7, 11) is 0. The molecular formula is C8H7Br3O2. The number of hydrogen-bond donors (Lipinski definition) is 2. The van der Waals surface area contributed by atoms with Gasteiger partial charge < -0.3 is 10.2 Å². The van der Waals surface area contributed by atoms with Crippen LogP contribution >= 0.6 is 47.8 Å². The summed E-state index contributed by atoms with van der Waals surface area (Å²) in [5.74, 6) is 0.165. The highest BCUT2D eigenvalue weighted by atomic mass is 79.9. The molecule has 0 aromatic heterocycles. The van der Waals surface area contributed by atoms with Gasteiger partial charge in [0.1, 0.15) is 5.75 Å². The number of aliphatic hydroxyl groups is 1. The first-order chi connectivity index (χ1) is 6.07. The van der Waals surface area contributed by atoms with Gasteiger partial charge in [0, 0.05) is 15.6 Å². The van der Waals surface area contributed by atoms with Gasteiger partial charge in [0.15, 0.2) is 0 Å². The smallest absolute Gasteiger partial charge is 0.131 e. The molecule has 0 aliphatic carbocycles. The van der Waals surface area contributed by atoms with Crippen molar-refractivity contribution in [2.45, 2.75) is 6.42 Å². The first-order valence-corrected chi connectivity index (χ1v) is 5.92. The Morgan fingerprint density at radius 1 is 1.08 bits per heavy atom. The van der Waals surface area contributed by atoms with E-state index in [1.54, 1.807) is 6.07 Å². The molecule has 0 heterocycles. The maximum absolute atomic E-state index is 9.45. The third-order valence-corrected chi connectivity index (χ3v) is 5.15. The highest BCUT2D eigenvalue weighted by Crippen LogP contribution is 2.39. The molecule has 0 radical (unpaired) electrons. The van der Waals surface area contributed by atoms with Gasteiger partial charge in [-0.2, -0.15) is 0 Å².